The first kappa shape index (κ1) is 19.2. The Morgan fingerprint density at radius 2 is 1.71 bits per heavy atom. The number of thiophene rings is 1. The van der Waals surface area contributed by atoms with E-state index in [0.717, 1.165) is 6.07 Å². The molecule has 0 saturated heterocycles. The number of anilines is 2. The highest BCUT2D eigenvalue weighted by Gasteiger charge is 2.12. The second kappa shape index (κ2) is 8.92. The molecule has 0 atom stereocenters. The molecule has 2 aromatic carbocycles. The smallest absolute Gasteiger partial charge is 0.338 e. The van der Waals surface area contributed by atoms with Gasteiger partial charge in [-0.2, -0.15) is 0 Å². The van der Waals surface area contributed by atoms with Crippen molar-refractivity contribution in [3.8, 4) is 0 Å². The number of nitrogens with one attached hydrogen (secondary N) is 2. The van der Waals surface area contributed by atoms with Crippen molar-refractivity contribution in [3.63, 3.8) is 0 Å². The van der Waals surface area contributed by atoms with Crippen LogP contribution in [0.4, 0.5) is 15.8 Å². The lowest BCUT2D eigenvalue weighted by Gasteiger charge is -2.08. The zero-order valence-electron chi connectivity index (χ0n) is 14.5. The number of benzene rings is 2. The molecule has 0 radical (unpaired) electrons. The Bertz CT molecular complexity index is 988. The highest BCUT2D eigenvalue weighted by Crippen LogP contribution is 2.15. The second-order valence-electron chi connectivity index (χ2n) is 5.64. The maximum atomic E-state index is 13.1. The van der Waals surface area contributed by atoms with Crippen molar-refractivity contribution in [3.05, 3.63) is 82.3 Å². The molecule has 0 aliphatic rings. The van der Waals surface area contributed by atoms with Gasteiger partial charge in [-0.1, -0.05) is 12.1 Å². The monoisotopic (exact) mass is 398 g/mol. The van der Waals surface area contributed by atoms with Crippen molar-refractivity contribution in [2.24, 2.45) is 0 Å². The number of rotatable bonds is 6. The molecular weight excluding hydrogens is 383 g/mol. The molecule has 0 aliphatic heterocycles. The Morgan fingerprint density at radius 3 is 2.39 bits per heavy atom. The van der Waals surface area contributed by atoms with Gasteiger partial charge < -0.3 is 15.4 Å². The minimum atomic E-state index is -0.689. The van der Waals surface area contributed by atoms with E-state index in [2.05, 4.69) is 10.6 Å². The topological polar surface area (TPSA) is 84.5 Å². The lowest BCUT2D eigenvalue weighted by Crippen LogP contribution is -2.21. The van der Waals surface area contributed by atoms with E-state index in [-0.39, 0.29) is 17.2 Å². The van der Waals surface area contributed by atoms with Crippen LogP contribution in [0.25, 0.3) is 0 Å². The van der Waals surface area contributed by atoms with Gasteiger partial charge in [0.1, 0.15) is 5.82 Å². The highest BCUT2D eigenvalue weighted by molar-refractivity contribution is 7.12. The highest BCUT2D eigenvalue weighted by atomic mass is 32.1. The number of hydrogen-bond donors (Lipinski definition) is 2. The third-order valence-electron chi connectivity index (χ3n) is 3.57. The Hall–Kier alpha value is -3.52. The number of amides is 2. The predicted octanol–water partition coefficient (Wildman–Crippen LogP) is 3.94. The fourth-order valence-corrected chi connectivity index (χ4v) is 2.89. The number of ether oxygens (including phenoxy) is 1. The van der Waals surface area contributed by atoms with Gasteiger partial charge in [0.05, 0.1) is 10.4 Å². The first-order valence-electron chi connectivity index (χ1n) is 8.19. The van der Waals surface area contributed by atoms with Crippen LogP contribution >= 0.6 is 11.3 Å². The Kier molecular flexibility index (Phi) is 6.13. The molecule has 0 unspecified atom stereocenters. The van der Waals surface area contributed by atoms with Crippen molar-refractivity contribution in [2.75, 3.05) is 17.2 Å². The molecule has 0 saturated carbocycles. The minimum absolute atomic E-state index is 0.229. The van der Waals surface area contributed by atoms with Gasteiger partial charge in [0.15, 0.2) is 6.61 Å². The first-order valence-corrected chi connectivity index (χ1v) is 9.07. The molecule has 6 nitrogen and oxygen atoms in total. The summed E-state index contributed by atoms with van der Waals surface area (Å²) in [5.41, 5.74) is 1.03. The molecule has 1 aromatic heterocycles. The summed E-state index contributed by atoms with van der Waals surface area (Å²) in [6, 6.07) is 15.0. The molecule has 1 heterocycles. The lowest BCUT2D eigenvalue weighted by molar-refractivity contribution is -0.119. The van der Waals surface area contributed by atoms with Crippen LogP contribution in [-0.2, 0) is 9.53 Å². The van der Waals surface area contributed by atoms with E-state index in [1.54, 1.807) is 29.6 Å². The third kappa shape index (κ3) is 5.24. The van der Waals surface area contributed by atoms with Crippen LogP contribution in [0.15, 0.2) is 66.0 Å². The zero-order valence-corrected chi connectivity index (χ0v) is 15.3. The summed E-state index contributed by atoms with van der Waals surface area (Å²) < 4.78 is 18.0. The van der Waals surface area contributed by atoms with Gasteiger partial charge in [0.25, 0.3) is 11.8 Å². The molecule has 2 amide bonds. The van der Waals surface area contributed by atoms with Gasteiger partial charge in [-0.3, -0.25) is 9.59 Å². The molecule has 142 valence electrons. The van der Waals surface area contributed by atoms with E-state index in [0.29, 0.717) is 10.6 Å². The fraction of sp³-hybridized carbons (Fsp3) is 0.0500. The van der Waals surface area contributed by atoms with E-state index in [1.807, 2.05) is 0 Å². The number of carbonyl (C=O) groups excluding carboxylic acids is 3. The summed E-state index contributed by atoms with van der Waals surface area (Å²) in [6.45, 7) is -0.508. The van der Waals surface area contributed by atoms with Crippen LogP contribution < -0.4 is 10.6 Å². The Labute approximate surface area is 164 Å². The average molecular weight is 398 g/mol. The molecule has 3 aromatic rings. The molecule has 8 heteroatoms. The maximum absolute atomic E-state index is 13.1. The van der Waals surface area contributed by atoms with Crippen molar-refractivity contribution < 1.29 is 23.5 Å². The second-order valence-corrected chi connectivity index (χ2v) is 6.59. The predicted molar refractivity (Wildman–Crippen MR) is 104 cm³/mol. The van der Waals surface area contributed by atoms with Crippen molar-refractivity contribution in [1.29, 1.82) is 0 Å². The van der Waals surface area contributed by atoms with Crippen LogP contribution in [0.3, 0.4) is 0 Å². The summed E-state index contributed by atoms with van der Waals surface area (Å²) in [6.07, 6.45) is 0. The molecule has 0 fully saturated rings. The molecule has 3 rings (SSSR count). The summed E-state index contributed by atoms with van der Waals surface area (Å²) >= 11 is 1.32. The van der Waals surface area contributed by atoms with E-state index in [1.165, 1.54) is 41.7 Å². The molecule has 2 N–H and O–H groups in total. The van der Waals surface area contributed by atoms with Gasteiger partial charge in [-0.05, 0) is 53.9 Å². The van der Waals surface area contributed by atoms with Gasteiger partial charge in [-0.15, -0.1) is 11.3 Å². The molecule has 0 spiro atoms. The van der Waals surface area contributed by atoms with E-state index in [9.17, 15) is 18.8 Å². The average Bonchev–Trinajstić information content (AvgIpc) is 3.22. The minimum Gasteiger partial charge on any atom is -0.452 e. The van der Waals surface area contributed by atoms with Gasteiger partial charge in [-0.25, -0.2) is 9.18 Å². The summed E-state index contributed by atoms with van der Waals surface area (Å²) in [5.74, 6) is -2.00. The summed E-state index contributed by atoms with van der Waals surface area (Å²) in [7, 11) is 0. The maximum Gasteiger partial charge on any atom is 0.338 e. The molecule has 0 aliphatic carbocycles. The van der Waals surface area contributed by atoms with Gasteiger partial charge >= 0.3 is 5.97 Å². The molecular formula is C20H15FN2O4S. The normalized spacial score (nSPS) is 10.2. The van der Waals surface area contributed by atoms with Crippen LogP contribution in [0.1, 0.15) is 20.0 Å². The third-order valence-corrected chi connectivity index (χ3v) is 4.43. The van der Waals surface area contributed by atoms with Crippen LogP contribution in [0, 0.1) is 5.82 Å². The zero-order chi connectivity index (χ0) is 19.9. The van der Waals surface area contributed by atoms with Crippen molar-refractivity contribution in [1.82, 2.24) is 0 Å². The Balaban J connectivity index is 1.50. The van der Waals surface area contributed by atoms with E-state index in [4.69, 9.17) is 4.74 Å². The summed E-state index contributed by atoms with van der Waals surface area (Å²) in [4.78, 5) is 36.4. The van der Waals surface area contributed by atoms with Crippen LogP contribution in [0.2, 0.25) is 0 Å². The number of hydrogen-bond acceptors (Lipinski definition) is 5. The fourth-order valence-electron chi connectivity index (χ4n) is 2.27. The quantitative estimate of drug-likeness (QED) is 0.616. The van der Waals surface area contributed by atoms with Crippen molar-refractivity contribution >= 4 is 40.5 Å². The van der Waals surface area contributed by atoms with Crippen LogP contribution in [-0.4, -0.2) is 24.4 Å². The number of halogens is 1. The van der Waals surface area contributed by atoms with Gasteiger partial charge in [0, 0.05) is 11.4 Å². The Morgan fingerprint density at radius 1 is 0.929 bits per heavy atom. The number of carbonyl (C=O) groups is 3. The number of esters is 1. The van der Waals surface area contributed by atoms with E-state index < -0.39 is 24.3 Å². The largest absolute Gasteiger partial charge is 0.452 e. The van der Waals surface area contributed by atoms with E-state index >= 15 is 0 Å². The standard InChI is InChI=1S/C20H15FN2O4S/c21-14-3-1-4-16(11-14)22-18(24)12-27-20(26)13-6-8-15(9-7-13)23-19(25)17-5-2-10-28-17/h1-11H,12H2,(H,22,24)(H,23,25). The first-order chi connectivity index (χ1) is 13.5. The van der Waals surface area contributed by atoms with Gasteiger partial charge in [0.2, 0.25) is 0 Å². The SMILES string of the molecule is O=C(COC(=O)c1ccc(NC(=O)c2cccs2)cc1)Nc1cccc(F)c1. The van der Waals surface area contributed by atoms with Crippen molar-refractivity contribution in [2.45, 2.75) is 0 Å². The van der Waals surface area contributed by atoms with Crippen LogP contribution in [0.5, 0.6) is 0 Å². The molecule has 28 heavy (non-hydrogen) atoms. The molecule has 0 bridgehead atoms. The lowest BCUT2D eigenvalue weighted by atomic mass is 10.2. The summed E-state index contributed by atoms with van der Waals surface area (Å²) in [5, 5.41) is 6.95.